The summed E-state index contributed by atoms with van der Waals surface area (Å²) < 4.78 is 159. The summed E-state index contributed by atoms with van der Waals surface area (Å²) in [5, 5.41) is 0. The fourth-order valence-corrected chi connectivity index (χ4v) is 5.88. The van der Waals surface area contributed by atoms with Gasteiger partial charge < -0.3 is 28.9 Å². The predicted octanol–water partition coefficient (Wildman–Crippen LogP) is 3.50. The average Bonchev–Trinajstić information content (AvgIpc) is 2.96. The molecule has 0 bridgehead atoms. The summed E-state index contributed by atoms with van der Waals surface area (Å²) in [6.45, 7) is -1.17. The Balaban J connectivity index is 1.99. The molecule has 3 aliphatic rings. The molecule has 0 amide bonds. The Kier molecular flexibility index (Phi) is 10.2. The zero-order valence-electron chi connectivity index (χ0n) is 24.5. The second-order valence-electron chi connectivity index (χ2n) is 10.5. The van der Waals surface area contributed by atoms with Crippen molar-refractivity contribution in [3.8, 4) is 0 Å². The van der Waals surface area contributed by atoms with Crippen molar-refractivity contribution in [2.75, 3.05) is 70.7 Å². The molecule has 19 heteroatoms. The maximum Gasteiger partial charge on any atom is 0.424 e. The van der Waals surface area contributed by atoms with Gasteiger partial charge in [-0.3, -0.25) is 4.72 Å². The van der Waals surface area contributed by atoms with Crippen LogP contribution in [-0.2, 0) is 35.6 Å². The Bertz CT molecular complexity index is 1480. The highest BCUT2D eigenvalue weighted by atomic mass is 32.2. The molecule has 1 aromatic carbocycles. The predicted molar refractivity (Wildman–Crippen MR) is 146 cm³/mol. The van der Waals surface area contributed by atoms with Gasteiger partial charge in [-0.15, -0.1) is 0 Å². The Morgan fingerprint density at radius 1 is 0.978 bits per heavy atom. The van der Waals surface area contributed by atoms with E-state index in [4.69, 9.17) is 14.2 Å². The summed E-state index contributed by atoms with van der Waals surface area (Å²) in [5.74, 6) is -4.71. The molecule has 0 unspecified atom stereocenters. The summed E-state index contributed by atoms with van der Waals surface area (Å²) in [6, 6.07) is 0.874. The second-order valence-corrected chi connectivity index (χ2v) is 12.2. The van der Waals surface area contributed by atoms with Crippen molar-refractivity contribution >= 4 is 21.7 Å². The number of sulfonamides is 1. The third kappa shape index (κ3) is 7.20. The van der Waals surface area contributed by atoms with E-state index in [1.54, 1.807) is 4.72 Å². The maximum atomic E-state index is 14.9. The number of anilines is 1. The van der Waals surface area contributed by atoms with Gasteiger partial charge in [-0.1, -0.05) is 6.08 Å². The van der Waals surface area contributed by atoms with E-state index < -0.39 is 69.1 Å². The molecule has 0 saturated carbocycles. The topological polar surface area (TPSA) is 101 Å². The van der Waals surface area contributed by atoms with Crippen molar-refractivity contribution in [1.82, 2.24) is 14.7 Å². The first-order valence-corrected chi connectivity index (χ1v) is 15.5. The number of benzene rings is 1. The molecular weight excluding hydrogens is 660 g/mol. The minimum Gasteiger partial charge on any atom is -0.464 e. The number of allylic oxidation sites excluding steroid dienone is 3. The lowest BCUT2D eigenvalue weighted by Crippen LogP contribution is -2.68. The van der Waals surface area contributed by atoms with Gasteiger partial charge in [0.25, 0.3) is 5.54 Å². The third-order valence-corrected chi connectivity index (χ3v) is 7.96. The molecule has 10 nitrogen and oxygen atoms in total. The van der Waals surface area contributed by atoms with Crippen LogP contribution in [0.25, 0.3) is 0 Å². The van der Waals surface area contributed by atoms with Gasteiger partial charge in [0.05, 0.1) is 39.8 Å². The van der Waals surface area contributed by atoms with E-state index in [0.29, 0.717) is 24.5 Å². The number of hydrogen-bond donors (Lipinski definition) is 1. The first kappa shape index (κ1) is 35.3. The van der Waals surface area contributed by atoms with Gasteiger partial charge in [0.2, 0.25) is 10.0 Å². The molecule has 2 fully saturated rings. The number of carbonyl (C=O) groups excluding carboxylic acids is 1. The molecule has 3 aliphatic heterocycles. The monoisotopic (exact) mass is 690 g/mol. The highest BCUT2D eigenvalue weighted by molar-refractivity contribution is 7.92. The summed E-state index contributed by atoms with van der Waals surface area (Å²) in [7, 11) is -3.15. The number of nitrogens with zero attached hydrogens (tertiary/aromatic N) is 3. The van der Waals surface area contributed by atoms with Crippen LogP contribution in [-0.4, -0.2) is 113 Å². The van der Waals surface area contributed by atoms with Crippen LogP contribution in [0.1, 0.15) is 5.56 Å². The molecule has 4 rings (SSSR count). The van der Waals surface area contributed by atoms with Gasteiger partial charge in [-0.25, -0.2) is 22.0 Å². The molecule has 46 heavy (non-hydrogen) atoms. The number of morpholine rings is 2. The largest absolute Gasteiger partial charge is 0.464 e. The van der Waals surface area contributed by atoms with Crippen LogP contribution in [0.3, 0.4) is 0 Å². The van der Waals surface area contributed by atoms with Crippen LogP contribution >= 0.6 is 0 Å². The lowest BCUT2D eigenvalue weighted by atomic mass is 9.88. The standard InChI is InChI=1S/C27H30F8N4O6S/c1-43-24(40)21(37-5-9-44-10-6-37)15-18-3-4-25(26(30,31)32,27(33,34)35)39(23(18)38-7-11-45-12-8-38)16-17-13-19(28)22(20(29)14-17)36-46(2,41)42/h3-4,13-15,36H,5-12,16H2,1-2H3. The van der Waals surface area contributed by atoms with Crippen LogP contribution < -0.4 is 4.72 Å². The van der Waals surface area contributed by atoms with E-state index in [1.807, 2.05) is 0 Å². The van der Waals surface area contributed by atoms with Gasteiger partial charge in [-0.2, -0.15) is 26.3 Å². The lowest BCUT2D eigenvalue weighted by molar-refractivity contribution is -0.322. The van der Waals surface area contributed by atoms with E-state index in [2.05, 4.69) is 0 Å². The SMILES string of the molecule is COC(=O)C(=CC1=C(N2CCOCC2)N(Cc2cc(F)c(NS(C)(=O)=O)c(F)c2)C(C(F)(F)F)(C(F)(F)F)C=C1)N1CCOCC1. The van der Waals surface area contributed by atoms with Crippen LogP contribution in [0.15, 0.2) is 47.5 Å². The molecular formula is C27H30F8N4O6S. The number of carbonyl (C=O) groups is 1. The first-order valence-electron chi connectivity index (χ1n) is 13.7. The maximum absolute atomic E-state index is 14.9. The number of methoxy groups -OCH3 is 1. The zero-order valence-corrected chi connectivity index (χ0v) is 25.3. The Morgan fingerprint density at radius 2 is 1.50 bits per heavy atom. The molecule has 2 saturated heterocycles. The molecule has 0 spiro atoms. The Morgan fingerprint density at radius 3 is 1.98 bits per heavy atom. The van der Waals surface area contributed by atoms with Crippen LogP contribution in [0.2, 0.25) is 0 Å². The number of ether oxygens (including phenoxy) is 3. The highest BCUT2D eigenvalue weighted by Gasteiger charge is 2.74. The smallest absolute Gasteiger partial charge is 0.424 e. The highest BCUT2D eigenvalue weighted by Crippen LogP contribution is 2.53. The van der Waals surface area contributed by atoms with Gasteiger partial charge in [0, 0.05) is 38.3 Å². The van der Waals surface area contributed by atoms with Crippen LogP contribution in [0.5, 0.6) is 0 Å². The number of alkyl halides is 6. The van der Waals surface area contributed by atoms with E-state index >= 15 is 0 Å². The van der Waals surface area contributed by atoms with E-state index in [-0.39, 0.29) is 74.9 Å². The number of hydrogen-bond acceptors (Lipinski definition) is 9. The van der Waals surface area contributed by atoms with Crippen LogP contribution in [0.4, 0.5) is 40.8 Å². The fourth-order valence-electron chi connectivity index (χ4n) is 5.31. The minimum absolute atomic E-state index is 0.0593. The van der Waals surface area contributed by atoms with E-state index in [0.717, 1.165) is 13.2 Å². The van der Waals surface area contributed by atoms with Crippen molar-refractivity contribution in [3.05, 3.63) is 64.6 Å². The number of nitrogens with one attached hydrogen (secondary N) is 1. The second kappa shape index (κ2) is 13.3. The summed E-state index contributed by atoms with van der Waals surface area (Å²) in [5.41, 5.74) is -6.97. The molecule has 0 aromatic heterocycles. The Labute approximate surface area is 258 Å². The summed E-state index contributed by atoms with van der Waals surface area (Å²) in [6.07, 6.45) is -9.87. The number of halogens is 8. The fraction of sp³-hybridized carbons (Fsp3) is 0.519. The number of rotatable bonds is 8. The normalized spacial score (nSPS) is 19.9. The van der Waals surface area contributed by atoms with E-state index in [1.165, 1.54) is 9.80 Å². The molecule has 256 valence electrons. The molecule has 0 atom stereocenters. The van der Waals surface area contributed by atoms with Crippen molar-refractivity contribution in [2.24, 2.45) is 0 Å². The Hall–Kier alpha value is -3.58. The van der Waals surface area contributed by atoms with Crippen molar-refractivity contribution in [3.63, 3.8) is 0 Å². The molecule has 1 N–H and O–H groups in total. The molecule has 1 aromatic rings. The zero-order chi connectivity index (χ0) is 34.1. The lowest BCUT2D eigenvalue weighted by Gasteiger charge is -2.51. The summed E-state index contributed by atoms with van der Waals surface area (Å²) in [4.78, 5) is 15.5. The average molecular weight is 691 g/mol. The van der Waals surface area contributed by atoms with Crippen molar-refractivity contribution in [1.29, 1.82) is 0 Å². The van der Waals surface area contributed by atoms with E-state index in [9.17, 15) is 48.3 Å². The number of esters is 1. The molecule has 0 radical (unpaired) electrons. The third-order valence-electron chi connectivity index (χ3n) is 7.39. The van der Waals surface area contributed by atoms with Crippen LogP contribution in [0, 0.1) is 11.6 Å². The van der Waals surface area contributed by atoms with Gasteiger partial charge >= 0.3 is 18.3 Å². The van der Waals surface area contributed by atoms with Crippen molar-refractivity contribution in [2.45, 2.75) is 24.4 Å². The van der Waals surface area contributed by atoms with Gasteiger partial charge in [0.1, 0.15) is 17.2 Å². The minimum atomic E-state index is -6.03. The summed E-state index contributed by atoms with van der Waals surface area (Å²) >= 11 is 0. The first-order chi connectivity index (χ1) is 21.4. The van der Waals surface area contributed by atoms with Gasteiger partial charge in [0.15, 0.2) is 11.6 Å². The quantitative estimate of drug-likeness (QED) is 0.250. The molecule has 3 heterocycles. The van der Waals surface area contributed by atoms with Crippen molar-refractivity contribution < 1.29 is 62.5 Å². The molecule has 0 aliphatic carbocycles. The van der Waals surface area contributed by atoms with Gasteiger partial charge in [-0.05, 0) is 29.8 Å².